The Morgan fingerprint density at radius 2 is 2.26 bits per heavy atom. The van der Waals surface area contributed by atoms with Crippen molar-refractivity contribution in [1.82, 2.24) is 4.98 Å². The van der Waals surface area contributed by atoms with E-state index in [1.807, 2.05) is 0 Å². The zero-order chi connectivity index (χ0) is 14.6. The lowest BCUT2D eigenvalue weighted by atomic mass is 10.2. The van der Waals surface area contributed by atoms with Gasteiger partial charge in [0.2, 0.25) is 0 Å². The summed E-state index contributed by atoms with van der Waals surface area (Å²) in [5.41, 5.74) is -1.51. The molecule has 0 spiro atoms. The second-order valence-corrected chi connectivity index (χ2v) is 4.22. The summed E-state index contributed by atoms with van der Waals surface area (Å²) in [4.78, 5) is 24.8. The van der Waals surface area contributed by atoms with E-state index in [9.17, 15) is 23.7 Å². The number of rotatable bonds is 5. The number of nitro groups is 1. The lowest BCUT2D eigenvalue weighted by Gasteiger charge is -2.07. The molecule has 104 valence electrons. The van der Waals surface area contributed by atoms with Crippen LogP contribution in [0.3, 0.4) is 0 Å². The van der Waals surface area contributed by atoms with Crippen LogP contribution in [-0.2, 0) is 16.0 Å². The molecule has 0 aliphatic heterocycles. The molecule has 0 bridgehead atoms. The summed E-state index contributed by atoms with van der Waals surface area (Å²) >= 11 is 2.83. The van der Waals surface area contributed by atoms with E-state index in [-0.39, 0.29) is 16.8 Å². The topological polar surface area (TPSA) is 82.3 Å². The lowest BCUT2D eigenvalue weighted by molar-refractivity contribution is -0.386. The standard InChI is InChI=1S/C10H9BrF2N2O4/c1-2-19-8(16)4-6-9(15(17)18)5(11)3-7(14-6)10(12)13/h3,10H,2,4H2,1H3. The van der Waals surface area contributed by atoms with Crippen molar-refractivity contribution < 1.29 is 23.2 Å². The molecule has 1 rings (SSSR count). The first kappa shape index (κ1) is 15.4. The molecule has 1 aromatic heterocycles. The first-order chi connectivity index (χ1) is 8.86. The molecule has 0 aromatic carbocycles. The summed E-state index contributed by atoms with van der Waals surface area (Å²) in [5.74, 6) is -0.767. The molecule has 19 heavy (non-hydrogen) atoms. The second-order valence-electron chi connectivity index (χ2n) is 3.36. The molecular formula is C10H9BrF2N2O4. The Hall–Kier alpha value is -1.64. The largest absolute Gasteiger partial charge is 0.466 e. The minimum absolute atomic E-state index is 0.0857. The van der Waals surface area contributed by atoms with Crippen molar-refractivity contribution in [3.63, 3.8) is 0 Å². The molecule has 0 saturated carbocycles. The van der Waals surface area contributed by atoms with E-state index >= 15 is 0 Å². The molecule has 1 aromatic rings. The Morgan fingerprint density at radius 1 is 1.63 bits per heavy atom. The SMILES string of the molecule is CCOC(=O)Cc1nc(C(F)F)cc(Br)c1[N+](=O)[O-]. The van der Waals surface area contributed by atoms with E-state index in [0.29, 0.717) is 0 Å². The van der Waals surface area contributed by atoms with Crippen LogP contribution >= 0.6 is 15.9 Å². The van der Waals surface area contributed by atoms with E-state index in [1.165, 1.54) is 0 Å². The highest BCUT2D eigenvalue weighted by atomic mass is 79.9. The van der Waals surface area contributed by atoms with Crippen LogP contribution < -0.4 is 0 Å². The van der Waals surface area contributed by atoms with Crippen LogP contribution in [0.25, 0.3) is 0 Å². The van der Waals surface area contributed by atoms with Gasteiger partial charge in [0.15, 0.2) is 0 Å². The predicted octanol–water partition coefficient (Wildman–Crippen LogP) is 2.80. The minimum atomic E-state index is -2.89. The maximum Gasteiger partial charge on any atom is 0.312 e. The number of esters is 1. The Morgan fingerprint density at radius 3 is 2.74 bits per heavy atom. The summed E-state index contributed by atoms with van der Waals surface area (Å²) in [6, 6.07) is 0.859. The van der Waals surface area contributed by atoms with E-state index < -0.39 is 35.1 Å². The lowest BCUT2D eigenvalue weighted by Crippen LogP contribution is -2.12. The van der Waals surface area contributed by atoms with Crippen LogP contribution in [0, 0.1) is 10.1 Å². The highest BCUT2D eigenvalue weighted by Crippen LogP contribution is 2.31. The Kier molecular flexibility index (Phi) is 5.28. The van der Waals surface area contributed by atoms with Crippen LogP contribution in [0.1, 0.15) is 24.7 Å². The van der Waals surface area contributed by atoms with Crippen molar-refractivity contribution in [2.75, 3.05) is 6.61 Å². The highest BCUT2D eigenvalue weighted by Gasteiger charge is 2.26. The fraction of sp³-hybridized carbons (Fsp3) is 0.400. The van der Waals surface area contributed by atoms with Gasteiger partial charge < -0.3 is 4.74 Å². The van der Waals surface area contributed by atoms with Crippen molar-refractivity contribution in [2.45, 2.75) is 19.8 Å². The number of halogens is 3. The number of hydrogen-bond acceptors (Lipinski definition) is 5. The van der Waals surface area contributed by atoms with Crippen molar-refractivity contribution >= 4 is 27.6 Å². The molecule has 0 aliphatic rings. The first-order valence-corrected chi connectivity index (χ1v) is 5.93. The Labute approximate surface area is 115 Å². The molecule has 0 atom stereocenters. The van der Waals surface area contributed by atoms with Gasteiger partial charge in [-0.3, -0.25) is 14.9 Å². The molecular weight excluding hydrogens is 330 g/mol. The second kappa shape index (κ2) is 6.50. The third-order valence-corrected chi connectivity index (χ3v) is 2.67. The van der Waals surface area contributed by atoms with Gasteiger partial charge in [-0.25, -0.2) is 13.8 Å². The highest BCUT2D eigenvalue weighted by molar-refractivity contribution is 9.10. The van der Waals surface area contributed by atoms with Gasteiger partial charge in [0.05, 0.1) is 22.4 Å². The fourth-order valence-corrected chi connectivity index (χ4v) is 1.96. The van der Waals surface area contributed by atoms with E-state index in [4.69, 9.17) is 0 Å². The molecule has 6 nitrogen and oxygen atoms in total. The van der Waals surface area contributed by atoms with Crippen LogP contribution in [0.5, 0.6) is 0 Å². The van der Waals surface area contributed by atoms with Crippen LogP contribution in [0.4, 0.5) is 14.5 Å². The van der Waals surface area contributed by atoms with Crippen molar-refractivity contribution in [3.05, 3.63) is 32.0 Å². The summed E-state index contributed by atoms with van der Waals surface area (Å²) in [5, 5.41) is 10.9. The molecule has 0 radical (unpaired) electrons. The zero-order valence-corrected chi connectivity index (χ0v) is 11.3. The number of carbonyl (C=O) groups excluding carboxylic acids is 1. The van der Waals surface area contributed by atoms with Gasteiger partial charge in [0.25, 0.3) is 6.43 Å². The fourth-order valence-electron chi connectivity index (χ4n) is 1.35. The van der Waals surface area contributed by atoms with E-state index in [2.05, 4.69) is 25.7 Å². The first-order valence-electron chi connectivity index (χ1n) is 5.14. The number of pyridine rings is 1. The van der Waals surface area contributed by atoms with Gasteiger partial charge in [0.1, 0.15) is 11.4 Å². The average molecular weight is 339 g/mol. The van der Waals surface area contributed by atoms with E-state index in [0.717, 1.165) is 6.07 Å². The molecule has 0 fully saturated rings. The Bertz CT molecular complexity index is 511. The molecule has 9 heteroatoms. The van der Waals surface area contributed by atoms with Crippen LogP contribution in [0.15, 0.2) is 10.5 Å². The van der Waals surface area contributed by atoms with E-state index in [1.54, 1.807) is 6.92 Å². The number of nitrogens with zero attached hydrogens (tertiary/aromatic N) is 2. The number of carbonyl (C=O) groups is 1. The third-order valence-electron chi connectivity index (χ3n) is 2.06. The normalized spacial score (nSPS) is 10.6. The number of aromatic nitrogens is 1. The number of hydrogen-bond donors (Lipinski definition) is 0. The molecule has 0 N–H and O–H groups in total. The van der Waals surface area contributed by atoms with Crippen molar-refractivity contribution in [2.24, 2.45) is 0 Å². The average Bonchev–Trinajstić information content (AvgIpc) is 2.27. The zero-order valence-electron chi connectivity index (χ0n) is 9.73. The summed E-state index contributed by atoms with van der Waals surface area (Å²) in [7, 11) is 0. The monoisotopic (exact) mass is 338 g/mol. The summed E-state index contributed by atoms with van der Waals surface area (Å²) < 4.78 is 29.6. The molecule has 1 heterocycles. The van der Waals surface area contributed by atoms with Gasteiger partial charge in [-0.05, 0) is 28.9 Å². The van der Waals surface area contributed by atoms with Gasteiger partial charge in [-0.1, -0.05) is 0 Å². The maximum atomic E-state index is 12.6. The van der Waals surface area contributed by atoms with Crippen molar-refractivity contribution in [1.29, 1.82) is 0 Å². The number of ether oxygens (including phenoxy) is 1. The van der Waals surface area contributed by atoms with Gasteiger partial charge in [-0.2, -0.15) is 0 Å². The quantitative estimate of drug-likeness (QED) is 0.468. The van der Waals surface area contributed by atoms with Gasteiger partial charge in [0, 0.05) is 0 Å². The van der Waals surface area contributed by atoms with Gasteiger partial charge in [-0.15, -0.1) is 0 Å². The summed E-state index contributed by atoms with van der Waals surface area (Å²) in [6.45, 7) is 1.65. The maximum absolute atomic E-state index is 12.6. The van der Waals surface area contributed by atoms with Crippen LogP contribution in [0.2, 0.25) is 0 Å². The number of alkyl halides is 2. The van der Waals surface area contributed by atoms with Crippen molar-refractivity contribution in [3.8, 4) is 0 Å². The summed E-state index contributed by atoms with van der Waals surface area (Å²) in [6.07, 6.45) is -3.43. The molecule has 0 unspecified atom stereocenters. The Balaban J connectivity index is 3.24. The minimum Gasteiger partial charge on any atom is -0.466 e. The third kappa shape index (κ3) is 3.91. The predicted molar refractivity (Wildman–Crippen MR) is 63.9 cm³/mol. The molecule has 0 aliphatic carbocycles. The smallest absolute Gasteiger partial charge is 0.312 e. The van der Waals surface area contributed by atoms with Gasteiger partial charge >= 0.3 is 11.7 Å². The van der Waals surface area contributed by atoms with Crippen LogP contribution in [-0.4, -0.2) is 22.5 Å². The molecule has 0 saturated heterocycles. The molecule has 0 amide bonds.